The molecular formula is C26H54F9Y-. The van der Waals surface area contributed by atoms with Crippen LogP contribution in [0.4, 0.5) is 39.5 Å². The van der Waals surface area contributed by atoms with Gasteiger partial charge in [-0.1, -0.05) is 53.4 Å². The van der Waals surface area contributed by atoms with E-state index in [-0.39, 0.29) is 52.0 Å². The minimum atomic E-state index is -2.49. The molecule has 10 heteroatoms. The Morgan fingerprint density at radius 1 is 0.472 bits per heavy atom. The van der Waals surface area contributed by atoms with Crippen LogP contribution in [0.3, 0.4) is 0 Å². The summed E-state index contributed by atoms with van der Waals surface area (Å²) in [5.74, 6) is -6.15. The molecule has 0 fully saturated rings. The van der Waals surface area contributed by atoms with Crippen LogP contribution >= 0.6 is 0 Å². The van der Waals surface area contributed by atoms with Crippen LogP contribution in [0.5, 0.6) is 0 Å². The number of alkyl halides is 9. The van der Waals surface area contributed by atoms with E-state index in [2.05, 4.69) is 0 Å². The van der Waals surface area contributed by atoms with Crippen molar-refractivity contribution < 1.29 is 72.2 Å². The SMILES string of the molecule is CCCCCC(C)(F)F.CCCCCC(C)(F)F.CC[C-](CC)CCC(C)(F)F.CF.CF.CF.[Y]. The van der Waals surface area contributed by atoms with E-state index < -0.39 is 17.8 Å². The average Bonchev–Trinajstić information content (AvgIpc) is 2.78. The van der Waals surface area contributed by atoms with Gasteiger partial charge in [-0.05, 0) is 40.0 Å². The first kappa shape index (κ1) is 52.8. The Balaban J connectivity index is -0.0000000627. The van der Waals surface area contributed by atoms with Crippen molar-refractivity contribution >= 4 is 0 Å². The molecule has 0 aromatic heterocycles. The predicted molar refractivity (Wildman–Crippen MR) is 134 cm³/mol. The largest absolute Gasteiger partial charge is 0.314 e. The summed E-state index contributed by atoms with van der Waals surface area (Å²) in [7, 11) is 1.50. The minimum Gasteiger partial charge on any atom is -0.314 e. The van der Waals surface area contributed by atoms with Crippen molar-refractivity contribution in [3.05, 3.63) is 5.92 Å². The molecule has 0 rings (SSSR count). The third-order valence-corrected chi connectivity index (χ3v) is 4.36. The average molecular weight is 627 g/mol. The zero-order valence-electron chi connectivity index (χ0n) is 24.5. The van der Waals surface area contributed by atoms with Crippen LogP contribution in [0.1, 0.15) is 126 Å². The van der Waals surface area contributed by atoms with Crippen LogP contribution < -0.4 is 0 Å². The molecular weight excluding hydrogens is 572 g/mol. The number of hydrogen-bond acceptors (Lipinski definition) is 0. The van der Waals surface area contributed by atoms with Crippen molar-refractivity contribution in [1.29, 1.82) is 0 Å². The van der Waals surface area contributed by atoms with Gasteiger partial charge in [0.25, 0.3) is 0 Å². The van der Waals surface area contributed by atoms with Crippen molar-refractivity contribution in [2.45, 2.75) is 143 Å². The summed E-state index contributed by atoms with van der Waals surface area (Å²) < 4.78 is 101. The zero-order valence-corrected chi connectivity index (χ0v) is 27.3. The molecule has 0 heterocycles. The normalized spacial score (nSPS) is 10.3. The van der Waals surface area contributed by atoms with Gasteiger partial charge in [0.05, 0.1) is 21.5 Å². The number of halogens is 9. The molecule has 36 heavy (non-hydrogen) atoms. The molecule has 0 aliphatic heterocycles. The van der Waals surface area contributed by atoms with Gasteiger partial charge >= 0.3 is 0 Å². The van der Waals surface area contributed by atoms with E-state index in [1.807, 2.05) is 27.7 Å². The molecule has 0 unspecified atom stereocenters. The van der Waals surface area contributed by atoms with Gasteiger partial charge in [0.15, 0.2) is 0 Å². The number of unbranched alkanes of at least 4 members (excludes halogenated alkanes) is 4. The Morgan fingerprint density at radius 3 is 0.889 bits per heavy atom. The first-order chi connectivity index (χ1) is 16.1. The van der Waals surface area contributed by atoms with E-state index in [4.69, 9.17) is 0 Å². The summed E-state index contributed by atoms with van der Waals surface area (Å²) in [6.45, 7) is 11.0. The van der Waals surface area contributed by atoms with Crippen LogP contribution in [-0.4, -0.2) is 39.3 Å². The van der Waals surface area contributed by atoms with Crippen LogP contribution in [0.2, 0.25) is 0 Å². The summed E-state index contributed by atoms with van der Waals surface area (Å²) in [5, 5.41) is 0. The summed E-state index contributed by atoms with van der Waals surface area (Å²) in [4.78, 5) is 0. The molecule has 0 bridgehead atoms. The number of rotatable bonds is 13. The van der Waals surface area contributed by atoms with Gasteiger partial charge in [0, 0.05) is 45.6 Å². The maximum absolute atomic E-state index is 12.3. The van der Waals surface area contributed by atoms with Crippen LogP contribution in [0, 0.1) is 5.92 Å². The fourth-order valence-electron chi connectivity index (χ4n) is 2.37. The van der Waals surface area contributed by atoms with E-state index in [1.165, 1.54) is 5.92 Å². The Bertz CT molecular complexity index is 316. The maximum atomic E-state index is 12.3. The van der Waals surface area contributed by atoms with Crippen LogP contribution in [-0.2, 0) is 32.7 Å². The van der Waals surface area contributed by atoms with Gasteiger partial charge in [-0.25, -0.2) is 26.3 Å². The molecule has 1 radical (unpaired) electrons. The summed E-state index contributed by atoms with van der Waals surface area (Å²) in [6, 6.07) is 0. The quantitative estimate of drug-likeness (QED) is 0.108. The van der Waals surface area contributed by atoms with Gasteiger partial charge in [0.2, 0.25) is 17.8 Å². The van der Waals surface area contributed by atoms with E-state index >= 15 is 0 Å². The fourth-order valence-corrected chi connectivity index (χ4v) is 2.37. The summed E-state index contributed by atoms with van der Waals surface area (Å²) in [5.41, 5.74) is 0. The molecule has 0 aliphatic carbocycles. The fraction of sp³-hybridized carbons (Fsp3) is 0.962. The van der Waals surface area contributed by atoms with E-state index in [0.29, 0.717) is 40.8 Å². The van der Waals surface area contributed by atoms with Gasteiger partial charge < -0.3 is 5.92 Å². The number of hydrogen-bond donors (Lipinski definition) is 0. The smallest absolute Gasteiger partial charge is 0.245 e. The zero-order chi connectivity index (χ0) is 29.6. The Labute approximate surface area is 242 Å². The van der Waals surface area contributed by atoms with Crippen molar-refractivity contribution in [2.75, 3.05) is 21.5 Å². The third-order valence-electron chi connectivity index (χ3n) is 4.36. The van der Waals surface area contributed by atoms with Crippen molar-refractivity contribution in [1.82, 2.24) is 0 Å². The van der Waals surface area contributed by atoms with Gasteiger partial charge in [0.1, 0.15) is 0 Å². The molecule has 0 aromatic carbocycles. The molecule has 0 aromatic rings. The van der Waals surface area contributed by atoms with Crippen molar-refractivity contribution in [3.63, 3.8) is 0 Å². The van der Waals surface area contributed by atoms with Gasteiger partial charge in [-0.15, -0.1) is 0 Å². The topological polar surface area (TPSA) is 0 Å². The third kappa shape index (κ3) is 76.5. The molecule has 0 aliphatic rings. The molecule has 0 amide bonds. The van der Waals surface area contributed by atoms with Crippen molar-refractivity contribution in [2.24, 2.45) is 0 Å². The molecule has 0 nitrogen and oxygen atoms in total. The maximum Gasteiger partial charge on any atom is 0.245 e. The van der Waals surface area contributed by atoms with Gasteiger partial charge in [-0.3, -0.25) is 13.2 Å². The summed E-state index contributed by atoms with van der Waals surface area (Å²) >= 11 is 0. The molecule has 0 saturated heterocycles. The Kier molecular flexibility index (Phi) is 55.2. The molecule has 0 N–H and O–H groups in total. The monoisotopic (exact) mass is 626 g/mol. The second-order valence-corrected chi connectivity index (χ2v) is 8.08. The Morgan fingerprint density at radius 2 is 0.722 bits per heavy atom. The predicted octanol–water partition coefficient (Wildman–Crippen LogP) is 12.0. The standard InChI is InChI=1S/C9H17F2.2C7H14F2.3CH3F.Y/c1-4-8(5-2)6-7-9(3,10)11;2*1-3-4-5-6-7(2,8)9;3*1-2;/h4-7H2,1-3H3;2*3-6H2,1-2H3;3*1H3;/q-1;;;;;;. The molecule has 0 atom stereocenters. The first-order valence-corrected chi connectivity index (χ1v) is 12.2. The molecule has 0 saturated carbocycles. The minimum absolute atomic E-state index is 0. The van der Waals surface area contributed by atoms with Gasteiger partial charge in [-0.2, -0.15) is 19.3 Å². The first-order valence-electron chi connectivity index (χ1n) is 12.2. The molecule has 0 spiro atoms. The second-order valence-electron chi connectivity index (χ2n) is 8.08. The van der Waals surface area contributed by atoms with E-state index in [1.54, 1.807) is 0 Å². The second kappa shape index (κ2) is 37.6. The van der Waals surface area contributed by atoms with E-state index in [9.17, 15) is 39.5 Å². The van der Waals surface area contributed by atoms with Crippen LogP contribution in [0.25, 0.3) is 0 Å². The van der Waals surface area contributed by atoms with Crippen molar-refractivity contribution in [3.8, 4) is 0 Å². The summed E-state index contributed by atoms with van der Waals surface area (Å²) in [6.07, 6.45) is 7.71. The van der Waals surface area contributed by atoms with Crippen LogP contribution in [0.15, 0.2) is 0 Å². The Hall–Kier alpha value is 0.474. The molecule has 225 valence electrons. The van der Waals surface area contributed by atoms with E-state index in [0.717, 1.165) is 59.3 Å².